The van der Waals surface area contributed by atoms with Crippen molar-refractivity contribution in [2.75, 3.05) is 0 Å². The number of halogens is 2. The zero-order chi connectivity index (χ0) is 11.7. The Labute approximate surface area is 106 Å². The number of hydrogen-bond donors (Lipinski definition) is 1. The molecule has 1 aromatic carbocycles. The minimum Gasteiger partial charge on any atom is -0.478 e. The number of fused-ring (bicyclic) bond motifs is 1. The van der Waals surface area contributed by atoms with Crippen LogP contribution >= 0.6 is 34.5 Å². The van der Waals surface area contributed by atoms with Gasteiger partial charge in [-0.15, -0.1) is 11.3 Å². The van der Waals surface area contributed by atoms with Gasteiger partial charge in [0.1, 0.15) is 10.1 Å². The minimum absolute atomic E-state index is 0.0514. The molecule has 1 heterocycles. The minimum atomic E-state index is -1.12. The molecule has 0 fully saturated rings. The average molecular weight is 273 g/mol. The van der Waals surface area contributed by atoms with Gasteiger partial charge in [-0.25, -0.2) is 4.79 Å². The fourth-order valence-electron chi connectivity index (χ4n) is 1.38. The molecule has 0 bridgehead atoms. The number of carbonyl (C=O) groups is 1. The topological polar surface area (TPSA) is 37.3 Å². The summed E-state index contributed by atoms with van der Waals surface area (Å²) in [6, 6.07) is 9.40. The van der Waals surface area contributed by atoms with Gasteiger partial charge in [0.05, 0.1) is 0 Å². The van der Waals surface area contributed by atoms with Crippen LogP contribution in [0.25, 0.3) is 15.7 Å². The Morgan fingerprint density at radius 3 is 2.50 bits per heavy atom. The summed E-state index contributed by atoms with van der Waals surface area (Å²) in [4.78, 5) is 11.6. The average Bonchev–Trinajstić information content (AvgIpc) is 2.58. The quantitative estimate of drug-likeness (QED) is 0.835. The summed E-state index contributed by atoms with van der Waals surface area (Å²) in [7, 11) is 0. The maximum atomic E-state index is 11.0. The first kappa shape index (κ1) is 11.5. The zero-order valence-electron chi connectivity index (χ0n) is 7.91. The molecule has 2 aromatic rings. The highest BCUT2D eigenvalue weighted by Crippen LogP contribution is 2.34. The first-order chi connectivity index (χ1) is 7.59. The van der Waals surface area contributed by atoms with Crippen molar-refractivity contribution in [2.24, 2.45) is 0 Å². The molecule has 0 radical (unpaired) electrons. The summed E-state index contributed by atoms with van der Waals surface area (Å²) in [5.41, 5.74) is -0.0514. The molecular weight excluding hydrogens is 267 g/mol. The summed E-state index contributed by atoms with van der Waals surface area (Å²) in [5.74, 6) is -1.12. The second kappa shape index (κ2) is 4.45. The van der Waals surface area contributed by atoms with Crippen LogP contribution in [0.15, 0.2) is 34.8 Å². The van der Waals surface area contributed by atoms with E-state index in [1.165, 1.54) is 11.3 Å². The van der Waals surface area contributed by atoms with E-state index in [1.807, 2.05) is 24.3 Å². The van der Waals surface area contributed by atoms with E-state index >= 15 is 0 Å². The molecule has 0 aliphatic carbocycles. The lowest BCUT2D eigenvalue weighted by molar-refractivity contribution is -0.130. The molecule has 2 rings (SSSR count). The molecule has 0 saturated heterocycles. The number of thiophene rings is 1. The molecule has 16 heavy (non-hydrogen) atoms. The van der Waals surface area contributed by atoms with Crippen LogP contribution in [0.1, 0.15) is 4.88 Å². The van der Waals surface area contributed by atoms with Gasteiger partial charge >= 0.3 is 5.97 Å². The van der Waals surface area contributed by atoms with Crippen LogP contribution in [-0.2, 0) is 4.79 Å². The first-order valence-electron chi connectivity index (χ1n) is 4.37. The molecule has 1 aromatic heterocycles. The summed E-state index contributed by atoms with van der Waals surface area (Å²) in [6.45, 7) is 0. The number of carboxylic acids is 1. The maximum Gasteiger partial charge on any atom is 0.339 e. The normalized spacial score (nSPS) is 10.4. The van der Waals surface area contributed by atoms with Crippen LogP contribution < -0.4 is 0 Å². The highest BCUT2D eigenvalue weighted by molar-refractivity contribution is 7.20. The molecule has 0 unspecified atom stereocenters. The molecule has 1 N–H and O–H groups in total. The highest BCUT2D eigenvalue weighted by Gasteiger charge is 2.17. The number of rotatable bonds is 2. The molecule has 0 amide bonds. The molecule has 0 spiro atoms. The monoisotopic (exact) mass is 272 g/mol. The third-order valence-corrected chi connectivity index (χ3v) is 3.59. The molecule has 5 heteroatoms. The van der Waals surface area contributed by atoms with Crippen LogP contribution in [0.5, 0.6) is 0 Å². The van der Waals surface area contributed by atoms with E-state index < -0.39 is 5.97 Å². The van der Waals surface area contributed by atoms with Crippen molar-refractivity contribution in [1.82, 2.24) is 0 Å². The van der Waals surface area contributed by atoms with Gasteiger partial charge in [-0.05, 0) is 17.5 Å². The van der Waals surface area contributed by atoms with Crippen molar-refractivity contribution < 1.29 is 9.90 Å². The van der Waals surface area contributed by atoms with Crippen molar-refractivity contribution in [3.8, 4) is 0 Å². The Kier molecular flexibility index (Phi) is 3.19. The van der Waals surface area contributed by atoms with E-state index in [-0.39, 0.29) is 10.1 Å². The smallest absolute Gasteiger partial charge is 0.339 e. The Bertz CT molecular complexity index is 549. The standard InChI is InChI=1S/C11H6Cl2O2S/c12-10(13)9(11(14)15)8-5-6-3-1-2-4-7(6)16-8/h1-5H,(H,14,15). The van der Waals surface area contributed by atoms with Crippen LogP contribution in [0.4, 0.5) is 0 Å². The lowest BCUT2D eigenvalue weighted by Crippen LogP contribution is -1.98. The second-order valence-electron chi connectivity index (χ2n) is 3.09. The van der Waals surface area contributed by atoms with Crippen molar-refractivity contribution in [1.29, 1.82) is 0 Å². The molecule has 0 atom stereocenters. The first-order valence-corrected chi connectivity index (χ1v) is 5.94. The summed E-state index contributed by atoms with van der Waals surface area (Å²) in [5, 5.41) is 9.98. The third-order valence-electron chi connectivity index (χ3n) is 2.07. The van der Waals surface area contributed by atoms with Gasteiger partial charge in [0.2, 0.25) is 0 Å². The molecule has 2 nitrogen and oxygen atoms in total. The predicted molar refractivity (Wildman–Crippen MR) is 68.1 cm³/mol. The Balaban J connectivity index is 2.63. The van der Waals surface area contributed by atoms with Gasteiger partial charge in [0.15, 0.2) is 0 Å². The summed E-state index contributed by atoms with van der Waals surface area (Å²) >= 11 is 12.5. The van der Waals surface area contributed by atoms with Gasteiger partial charge in [-0.1, -0.05) is 41.4 Å². The van der Waals surface area contributed by atoms with E-state index in [0.717, 1.165) is 10.1 Å². The molecule has 0 saturated carbocycles. The van der Waals surface area contributed by atoms with Gasteiger partial charge in [-0.2, -0.15) is 0 Å². The van der Waals surface area contributed by atoms with E-state index in [2.05, 4.69) is 0 Å². The maximum absolute atomic E-state index is 11.0. The fraction of sp³-hybridized carbons (Fsp3) is 0. The third kappa shape index (κ3) is 2.07. The fourth-order valence-corrected chi connectivity index (χ4v) is 2.97. The van der Waals surface area contributed by atoms with E-state index in [1.54, 1.807) is 6.07 Å². The number of aliphatic carboxylic acids is 1. The van der Waals surface area contributed by atoms with Gasteiger partial charge in [-0.3, -0.25) is 0 Å². The largest absolute Gasteiger partial charge is 0.478 e. The highest BCUT2D eigenvalue weighted by atomic mass is 35.5. The Hall–Kier alpha value is -1.03. The number of benzene rings is 1. The summed E-state index contributed by atoms with van der Waals surface area (Å²) in [6.07, 6.45) is 0. The van der Waals surface area contributed by atoms with E-state index in [0.29, 0.717) is 4.88 Å². The Morgan fingerprint density at radius 1 is 1.25 bits per heavy atom. The van der Waals surface area contributed by atoms with Gasteiger partial charge < -0.3 is 5.11 Å². The van der Waals surface area contributed by atoms with E-state index in [9.17, 15) is 4.79 Å². The Morgan fingerprint density at radius 2 is 1.94 bits per heavy atom. The van der Waals surface area contributed by atoms with Crippen molar-refractivity contribution in [3.05, 3.63) is 39.7 Å². The predicted octanol–water partition coefficient (Wildman–Crippen LogP) is 4.13. The molecule has 0 aliphatic heterocycles. The van der Waals surface area contributed by atoms with E-state index in [4.69, 9.17) is 28.3 Å². The number of hydrogen-bond acceptors (Lipinski definition) is 2. The van der Waals surface area contributed by atoms with Crippen LogP contribution in [0, 0.1) is 0 Å². The second-order valence-corrected chi connectivity index (χ2v) is 5.12. The molecule has 0 aliphatic rings. The molecular formula is C11H6Cl2O2S. The number of carboxylic acid groups (broad SMARTS) is 1. The van der Waals surface area contributed by atoms with Crippen LogP contribution in [0.3, 0.4) is 0 Å². The van der Waals surface area contributed by atoms with Gasteiger partial charge in [0.25, 0.3) is 0 Å². The van der Waals surface area contributed by atoms with Crippen molar-refractivity contribution in [3.63, 3.8) is 0 Å². The summed E-state index contributed by atoms with van der Waals surface area (Å²) < 4.78 is 0.782. The van der Waals surface area contributed by atoms with Crippen LogP contribution in [-0.4, -0.2) is 11.1 Å². The van der Waals surface area contributed by atoms with Crippen molar-refractivity contribution in [2.45, 2.75) is 0 Å². The SMILES string of the molecule is O=C(O)C(=C(Cl)Cl)c1cc2ccccc2s1. The van der Waals surface area contributed by atoms with Gasteiger partial charge in [0, 0.05) is 9.58 Å². The van der Waals surface area contributed by atoms with Crippen molar-refractivity contribution >= 4 is 56.2 Å². The zero-order valence-corrected chi connectivity index (χ0v) is 10.2. The van der Waals surface area contributed by atoms with Crippen LogP contribution in [0.2, 0.25) is 0 Å². The lowest BCUT2D eigenvalue weighted by Gasteiger charge is -1.97. The molecule has 82 valence electrons. The lowest BCUT2D eigenvalue weighted by atomic mass is 10.2.